The van der Waals surface area contributed by atoms with Crippen molar-refractivity contribution in [2.75, 3.05) is 7.11 Å². The van der Waals surface area contributed by atoms with Crippen molar-refractivity contribution in [1.82, 2.24) is 0 Å². The number of hydrogen-bond donors (Lipinski definition) is 0. The normalized spacial score (nSPS) is 13.7. The molecule has 1 nitrogen and oxygen atoms in total. The van der Waals surface area contributed by atoms with Crippen molar-refractivity contribution >= 4 is 0 Å². The number of fused-ring (bicyclic) bond motifs is 3. The van der Waals surface area contributed by atoms with E-state index in [4.69, 9.17) is 4.74 Å². The second-order valence-electron chi connectivity index (χ2n) is 6.94. The fourth-order valence-electron chi connectivity index (χ4n) is 4.56. The van der Waals surface area contributed by atoms with Crippen LogP contribution in [0.1, 0.15) is 22.3 Å². The summed E-state index contributed by atoms with van der Waals surface area (Å²) >= 11 is 0. The Morgan fingerprint density at radius 1 is 0.556 bits per heavy atom. The highest BCUT2D eigenvalue weighted by Crippen LogP contribution is 2.56. The maximum Gasteiger partial charge on any atom is 0.119 e. The molecular weight excluding hydrogens is 328 g/mol. The highest BCUT2D eigenvalue weighted by atomic mass is 16.5. The minimum absolute atomic E-state index is 0.319. The molecule has 1 aliphatic rings. The summed E-state index contributed by atoms with van der Waals surface area (Å²) in [6, 6.07) is 36.9. The Kier molecular flexibility index (Phi) is 3.61. The predicted molar refractivity (Wildman–Crippen MR) is 110 cm³/mol. The molecule has 0 N–H and O–H groups in total. The van der Waals surface area contributed by atoms with Gasteiger partial charge in [-0.1, -0.05) is 91.0 Å². The molecule has 1 heteroatoms. The predicted octanol–water partition coefficient (Wildman–Crippen LogP) is 6.06. The number of hydrogen-bond acceptors (Lipinski definition) is 1. The van der Waals surface area contributed by atoms with Crippen LogP contribution in [0.5, 0.6) is 5.75 Å². The summed E-state index contributed by atoms with van der Waals surface area (Å²) in [4.78, 5) is 0. The van der Waals surface area contributed by atoms with Gasteiger partial charge in [-0.2, -0.15) is 0 Å². The molecule has 5 rings (SSSR count). The average molecular weight is 348 g/mol. The van der Waals surface area contributed by atoms with Crippen LogP contribution in [0.2, 0.25) is 0 Å². The van der Waals surface area contributed by atoms with Crippen LogP contribution in [-0.2, 0) is 5.41 Å². The zero-order valence-corrected chi connectivity index (χ0v) is 15.2. The third-order valence-corrected chi connectivity index (χ3v) is 5.67. The molecule has 0 spiro atoms. The number of ether oxygens (including phenoxy) is 1. The first-order valence-corrected chi connectivity index (χ1v) is 9.25. The second-order valence-corrected chi connectivity index (χ2v) is 6.94. The fourth-order valence-corrected chi connectivity index (χ4v) is 4.56. The van der Waals surface area contributed by atoms with Gasteiger partial charge in [0.25, 0.3) is 0 Å². The summed E-state index contributed by atoms with van der Waals surface area (Å²) in [7, 11) is 1.73. The standard InChI is InChI=1S/C26H20O/c1-27-21-16-17-25-23(18-21)22-14-8-9-15-24(22)26(25,19-10-4-2-5-11-19)20-12-6-3-7-13-20/h2-18H,1H3. The van der Waals surface area contributed by atoms with Crippen molar-refractivity contribution in [3.63, 3.8) is 0 Å². The van der Waals surface area contributed by atoms with E-state index in [1.54, 1.807) is 7.11 Å². The molecule has 0 bridgehead atoms. The highest BCUT2D eigenvalue weighted by molar-refractivity contribution is 5.86. The minimum Gasteiger partial charge on any atom is -0.497 e. The Labute approximate surface area is 159 Å². The molecule has 0 saturated heterocycles. The van der Waals surface area contributed by atoms with Crippen LogP contribution in [0.15, 0.2) is 103 Å². The molecule has 130 valence electrons. The molecule has 0 heterocycles. The third kappa shape index (κ3) is 2.18. The van der Waals surface area contributed by atoms with Gasteiger partial charge in [-0.25, -0.2) is 0 Å². The van der Waals surface area contributed by atoms with Gasteiger partial charge in [-0.3, -0.25) is 0 Å². The minimum atomic E-state index is -0.319. The Morgan fingerprint density at radius 3 is 1.74 bits per heavy atom. The van der Waals surface area contributed by atoms with E-state index >= 15 is 0 Å². The van der Waals surface area contributed by atoms with E-state index in [2.05, 4.69) is 103 Å². The van der Waals surface area contributed by atoms with Gasteiger partial charge in [0.2, 0.25) is 0 Å². The summed E-state index contributed by atoms with van der Waals surface area (Å²) in [6.07, 6.45) is 0. The Bertz CT molecular complexity index is 1060. The monoisotopic (exact) mass is 348 g/mol. The maximum atomic E-state index is 5.53. The number of rotatable bonds is 3. The van der Waals surface area contributed by atoms with E-state index in [-0.39, 0.29) is 5.41 Å². The molecule has 4 aromatic carbocycles. The zero-order valence-electron chi connectivity index (χ0n) is 15.2. The fraction of sp³-hybridized carbons (Fsp3) is 0.0769. The van der Waals surface area contributed by atoms with Crippen molar-refractivity contribution in [3.05, 3.63) is 125 Å². The Morgan fingerprint density at radius 2 is 1.11 bits per heavy atom. The van der Waals surface area contributed by atoms with Crippen molar-refractivity contribution in [2.24, 2.45) is 0 Å². The van der Waals surface area contributed by atoms with E-state index in [0.29, 0.717) is 0 Å². The van der Waals surface area contributed by atoms with Gasteiger partial charge >= 0.3 is 0 Å². The zero-order chi connectivity index (χ0) is 18.3. The van der Waals surface area contributed by atoms with Gasteiger partial charge in [0.05, 0.1) is 12.5 Å². The number of benzene rings is 4. The molecule has 0 radical (unpaired) electrons. The van der Waals surface area contributed by atoms with Crippen LogP contribution in [0.25, 0.3) is 11.1 Å². The molecule has 4 aromatic rings. The lowest BCUT2D eigenvalue weighted by atomic mass is 9.68. The SMILES string of the molecule is COc1ccc2c(c1)-c1ccccc1C2(c1ccccc1)c1ccccc1. The van der Waals surface area contributed by atoms with Gasteiger partial charge in [-0.15, -0.1) is 0 Å². The van der Waals surface area contributed by atoms with Crippen LogP contribution in [0.3, 0.4) is 0 Å². The first-order chi connectivity index (χ1) is 13.4. The number of methoxy groups -OCH3 is 1. The van der Waals surface area contributed by atoms with Crippen molar-refractivity contribution in [2.45, 2.75) is 5.41 Å². The molecule has 1 aliphatic carbocycles. The van der Waals surface area contributed by atoms with Crippen LogP contribution < -0.4 is 4.74 Å². The summed E-state index contributed by atoms with van der Waals surface area (Å²) in [5, 5.41) is 0. The third-order valence-electron chi connectivity index (χ3n) is 5.67. The molecule has 0 atom stereocenters. The molecule has 0 amide bonds. The summed E-state index contributed by atoms with van der Waals surface area (Å²) in [5.41, 5.74) is 7.41. The average Bonchev–Trinajstić information content (AvgIpc) is 3.05. The van der Waals surface area contributed by atoms with Crippen LogP contribution in [-0.4, -0.2) is 7.11 Å². The van der Waals surface area contributed by atoms with E-state index in [0.717, 1.165) is 5.75 Å². The van der Waals surface area contributed by atoms with E-state index in [1.807, 2.05) is 0 Å². The highest BCUT2D eigenvalue weighted by Gasteiger charge is 2.45. The molecule has 0 saturated carbocycles. The summed E-state index contributed by atoms with van der Waals surface area (Å²) < 4.78 is 5.53. The molecule has 27 heavy (non-hydrogen) atoms. The molecule has 0 aromatic heterocycles. The van der Waals surface area contributed by atoms with Gasteiger partial charge < -0.3 is 4.74 Å². The van der Waals surface area contributed by atoms with Gasteiger partial charge in [-0.05, 0) is 45.5 Å². The van der Waals surface area contributed by atoms with Crippen LogP contribution in [0, 0.1) is 0 Å². The molecule has 0 aliphatic heterocycles. The second kappa shape index (κ2) is 6.14. The van der Waals surface area contributed by atoms with Crippen molar-refractivity contribution in [1.29, 1.82) is 0 Å². The first kappa shape index (κ1) is 15.9. The molecular formula is C26H20O. The lowest BCUT2D eigenvalue weighted by molar-refractivity contribution is 0.415. The van der Waals surface area contributed by atoms with Gasteiger partial charge in [0.15, 0.2) is 0 Å². The smallest absolute Gasteiger partial charge is 0.119 e. The van der Waals surface area contributed by atoms with E-state index in [9.17, 15) is 0 Å². The van der Waals surface area contributed by atoms with Gasteiger partial charge in [0.1, 0.15) is 5.75 Å². The maximum absolute atomic E-state index is 5.53. The largest absolute Gasteiger partial charge is 0.497 e. The Hall–Kier alpha value is -3.32. The quantitative estimate of drug-likeness (QED) is 0.385. The van der Waals surface area contributed by atoms with E-state index < -0.39 is 0 Å². The Balaban J connectivity index is 1.95. The molecule has 0 unspecified atom stereocenters. The van der Waals surface area contributed by atoms with Crippen LogP contribution >= 0.6 is 0 Å². The first-order valence-electron chi connectivity index (χ1n) is 9.25. The summed E-state index contributed by atoms with van der Waals surface area (Å²) in [5.74, 6) is 0.889. The van der Waals surface area contributed by atoms with Crippen molar-refractivity contribution in [3.8, 4) is 16.9 Å². The van der Waals surface area contributed by atoms with E-state index in [1.165, 1.54) is 33.4 Å². The lowest BCUT2D eigenvalue weighted by Crippen LogP contribution is -2.28. The topological polar surface area (TPSA) is 9.23 Å². The molecule has 0 fully saturated rings. The lowest BCUT2D eigenvalue weighted by Gasteiger charge is -2.33. The van der Waals surface area contributed by atoms with Crippen LogP contribution in [0.4, 0.5) is 0 Å². The van der Waals surface area contributed by atoms with Gasteiger partial charge in [0, 0.05) is 0 Å². The van der Waals surface area contributed by atoms with Crippen molar-refractivity contribution < 1.29 is 4.74 Å². The summed E-state index contributed by atoms with van der Waals surface area (Å²) in [6.45, 7) is 0.